The van der Waals surface area contributed by atoms with Gasteiger partial charge in [-0.15, -0.1) is 0 Å². The summed E-state index contributed by atoms with van der Waals surface area (Å²) in [5, 5.41) is 18.0. The number of rotatable bonds is 16. The van der Waals surface area contributed by atoms with Gasteiger partial charge in [-0.3, -0.25) is 9.59 Å². The Kier molecular flexibility index (Phi) is 12.7. The molecule has 4 nitrogen and oxygen atoms in total. The van der Waals surface area contributed by atoms with Crippen molar-refractivity contribution in [2.45, 2.75) is 102 Å². The molecular formula is C26H40O4S. The molecule has 0 aromatic heterocycles. The van der Waals surface area contributed by atoms with Gasteiger partial charge in [-0.2, -0.15) is 11.8 Å². The molecule has 1 saturated carbocycles. The van der Waals surface area contributed by atoms with E-state index in [1.807, 2.05) is 18.2 Å². The Morgan fingerprint density at radius 1 is 0.903 bits per heavy atom. The predicted octanol–water partition coefficient (Wildman–Crippen LogP) is 7.26. The van der Waals surface area contributed by atoms with Crippen LogP contribution in [0.25, 0.3) is 0 Å². The van der Waals surface area contributed by atoms with Crippen molar-refractivity contribution in [3.63, 3.8) is 0 Å². The monoisotopic (exact) mass is 448 g/mol. The molecule has 31 heavy (non-hydrogen) atoms. The SMILES string of the molecule is O=C(O)CCSC(CC(=O)O)c1ccccc1CCCCCCCCC1CCCCC1. The third kappa shape index (κ3) is 11.1. The van der Waals surface area contributed by atoms with Crippen LogP contribution >= 0.6 is 11.8 Å². The average Bonchev–Trinajstić information content (AvgIpc) is 2.75. The molecule has 0 radical (unpaired) electrons. The summed E-state index contributed by atoms with van der Waals surface area (Å²) in [6.07, 6.45) is 17.4. The fourth-order valence-corrected chi connectivity index (χ4v) is 5.96. The summed E-state index contributed by atoms with van der Waals surface area (Å²) >= 11 is 1.45. The zero-order valence-corrected chi connectivity index (χ0v) is 19.7. The number of hydrogen-bond donors (Lipinski definition) is 2. The average molecular weight is 449 g/mol. The molecule has 1 aliphatic carbocycles. The first-order valence-electron chi connectivity index (χ1n) is 12.2. The molecule has 5 heteroatoms. The highest BCUT2D eigenvalue weighted by atomic mass is 32.2. The van der Waals surface area contributed by atoms with Crippen LogP contribution in [0.4, 0.5) is 0 Å². The van der Waals surface area contributed by atoms with Crippen LogP contribution in [0, 0.1) is 5.92 Å². The van der Waals surface area contributed by atoms with Gasteiger partial charge in [0.05, 0.1) is 12.8 Å². The number of aryl methyl sites for hydroxylation is 1. The number of unbranched alkanes of at least 4 members (excludes halogenated alkanes) is 5. The minimum Gasteiger partial charge on any atom is -0.481 e. The molecule has 0 aliphatic heterocycles. The third-order valence-corrected chi connectivity index (χ3v) is 7.69. The summed E-state index contributed by atoms with van der Waals surface area (Å²) in [7, 11) is 0. The van der Waals surface area contributed by atoms with E-state index in [4.69, 9.17) is 5.11 Å². The van der Waals surface area contributed by atoms with E-state index in [9.17, 15) is 14.7 Å². The molecule has 0 bridgehead atoms. The molecule has 0 heterocycles. The van der Waals surface area contributed by atoms with Crippen molar-refractivity contribution in [3.8, 4) is 0 Å². The lowest BCUT2D eigenvalue weighted by Crippen LogP contribution is -2.08. The lowest BCUT2D eigenvalue weighted by molar-refractivity contribution is -0.137. The molecule has 1 atom stereocenters. The van der Waals surface area contributed by atoms with Gasteiger partial charge >= 0.3 is 11.9 Å². The van der Waals surface area contributed by atoms with E-state index in [1.165, 1.54) is 88.0 Å². The van der Waals surface area contributed by atoms with Crippen molar-refractivity contribution >= 4 is 23.7 Å². The molecular weight excluding hydrogens is 408 g/mol. The first-order valence-corrected chi connectivity index (χ1v) is 13.2. The molecule has 1 aliphatic rings. The lowest BCUT2D eigenvalue weighted by atomic mass is 9.85. The highest BCUT2D eigenvalue weighted by Crippen LogP contribution is 2.35. The minimum atomic E-state index is -0.839. The number of hydrogen-bond acceptors (Lipinski definition) is 3. The van der Waals surface area contributed by atoms with Crippen LogP contribution in [0.2, 0.25) is 0 Å². The van der Waals surface area contributed by atoms with Crippen molar-refractivity contribution in [3.05, 3.63) is 35.4 Å². The van der Waals surface area contributed by atoms with E-state index < -0.39 is 11.9 Å². The summed E-state index contributed by atoms with van der Waals surface area (Å²) in [5.74, 6) is -0.246. The lowest BCUT2D eigenvalue weighted by Gasteiger charge is -2.21. The summed E-state index contributed by atoms with van der Waals surface area (Å²) in [6.45, 7) is 0. The first kappa shape index (κ1) is 25.8. The van der Waals surface area contributed by atoms with Crippen molar-refractivity contribution in [1.29, 1.82) is 0 Å². The Bertz CT molecular complexity index is 655. The number of carboxylic acids is 2. The van der Waals surface area contributed by atoms with Crippen LogP contribution in [-0.4, -0.2) is 27.9 Å². The van der Waals surface area contributed by atoms with Crippen LogP contribution in [0.3, 0.4) is 0 Å². The second-order valence-electron chi connectivity index (χ2n) is 8.96. The maximum atomic E-state index is 11.3. The Hall–Kier alpha value is -1.49. The van der Waals surface area contributed by atoms with Crippen molar-refractivity contribution in [1.82, 2.24) is 0 Å². The van der Waals surface area contributed by atoms with Gasteiger partial charge < -0.3 is 10.2 Å². The molecule has 0 amide bonds. The van der Waals surface area contributed by atoms with Crippen LogP contribution < -0.4 is 0 Å². The van der Waals surface area contributed by atoms with Gasteiger partial charge in [-0.05, 0) is 29.9 Å². The second kappa shape index (κ2) is 15.3. The number of benzene rings is 1. The molecule has 2 rings (SSSR count). The quantitative estimate of drug-likeness (QED) is 0.260. The largest absolute Gasteiger partial charge is 0.481 e. The summed E-state index contributed by atoms with van der Waals surface area (Å²) in [5.41, 5.74) is 2.28. The number of aliphatic carboxylic acids is 2. The topological polar surface area (TPSA) is 74.6 Å². The molecule has 0 saturated heterocycles. The molecule has 1 aromatic carbocycles. The molecule has 174 valence electrons. The molecule has 0 spiro atoms. The van der Waals surface area contributed by atoms with Crippen LogP contribution in [0.5, 0.6) is 0 Å². The van der Waals surface area contributed by atoms with Gasteiger partial charge in [0.15, 0.2) is 0 Å². The molecule has 2 N–H and O–H groups in total. The van der Waals surface area contributed by atoms with E-state index in [0.717, 1.165) is 24.3 Å². The first-order chi connectivity index (χ1) is 15.1. The zero-order valence-electron chi connectivity index (χ0n) is 18.9. The normalized spacial score (nSPS) is 15.6. The van der Waals surface area contributed by atoms with Crippen molar-refractivity contribution < 1.29 is 19.8 Å². The van der Waals surface area contributed by atoms with Gasteiger partial charge in [-0.25, -0.2) is 0 Å². The summed E-state index contributed by atoms with van der Waals surface area (Å²) < 4.78 is 0. The molecule has 1 aromatic rings. The summed E-state index contributed by atoms with van der Waals surface area (Å²) in [6, 6.07) is 8.09. The van der Waals surface area contributed by atoms with Crippen molar-refractivity contribution in [2.75, 3.05) is 5.75 Å². The Labute approximate surface area is 192 Å². The standard InChI is InChI=1S/C26H40O4S/c27-25(28)18-19-31-24(20-26(29)30)23-17-11-10-16-22(23)15-9-4-2-1-3-6-12-21-13-7-5-8-14-21/h10-11,16-17,21,24H,1-9,12-15,18-20H2,(H,27,28)(H,29,30). The number of carbonyl (C=O) groups is 2. The van der Waals surface area contributed by atoms with E-state index in [1.54, 1.807) is 0 Å². The van der Waals surface area contributed by atoms with E-state index >= 15 is 0 Å². The highest BCUT2D eigenvalue weighted by Gasteiger charge is 2.19. The Morgan fingerprint density at radius 2 is 1.58 bits per heavy atom. The maximum absolute atomic E-state index is 11.3. The van der Waals surface area contributed by atoms with Gasteiger partial charge in [-0.1, -0.05) is 94.9 Å². The maximum Gasteiger partial charge on any atom is 0.304 e. The second-order valence-corrected chi connectivity index (χ2v) is 10.3. The third-order valence-electron chi connectivity index (χ3n) is 6.43. The van der Waals surface area contributed by atoms with Gasteiger partial charge in [0, 0.05) is 11.0 Å². The van der Waals surface area contributed by atoms with Crippen molar-refractivity contribution in [2.24, 2.45) is 5.92 Å². The number of carboxylic acid groups (broad SMARTS) is 2. The van der Waals surface area contributed by atoms with Crippen LogP contribution in [0.1, 0.15) is 106 Å². The highest BCUT2D eigenvalue weighted by molar-refractivity contribution is 7.99. The Balaban J connectivity index is 1.70. The molecule has 1 unspecified atom stereocenters. The van der Waals surface area contributed by atoms with Crippen LogP contribution in [0.15, 0.2) is 24.3 Å². The van der Waals surface area contributed by atoms with Gasteiger partial charge in [0.1, 0.15) is 0 Å². The smallest absolute Gasteiger partial charge is 0.304 e. The van der Waals surface area contributed by atoms with E-state index in [-0.39, 0.29) is 18.1 Å². The minimum absolute atomic E-state index is 0.0301. The van der Waals surface area contributed by atoms with Gasteiger partial charge in [0.2, 0.25) is 0 Å². The molecule has 1 fully saturated rings. The van der Waals surface area contributed by atoms with Crippen LogP contribution in [-0.2, 0) is 16.0 Å². The van der Waals surface area contributed by atoms with E-state index in [0.29, 0.717) is 5.75 Å². The fourth-order valence-electron chi connectivity index (χ4n) is 4.71. The zero-order chi connectivity index (χ0) is 22.3. The predicted molar refractivity (Wildman–Crippen MR) is 129 cm³/mol. The van der Waals surface area contributed by atoms with Gasteiger partial charge in [0.25, 0.3) is 0 Å². The Morgan fingerprint density at radius 3 is 2.29 bits per heavy atom. The van der Waals surface area contributed by atoms with E-state index in [2.05, 4.69) is 6.07 Å². The fraction of sp³-hybridized carbons (Fsp3) is 0.692. The summed E-state index contributed by atoms with van der Waals surface area (Å²) in [4.78, 5) is 22.2. The number of thioether (sulfide) groups is 1.